The Bertz CT molecular complexity index is 409. The molecule has 1 aromatic rings. The minimum Gasteiger partial charge on any atom is -0.339 e. The van der Waals surface area contributed by atoms with Gasteiger partial charge in [0, 0.05) is 6.42 Å². The molecule has 0 aromatic carbocycles. The van der Waals surface area contributed by atoms with Crippen molar-refractivity contribution >= 4 is 12.4 Å². The van der Waals surface area contributed by atoms with E-state index in [0.717, 1.165) is 36.9 Å². The van der Waals surface area contributed by atoms with Crippen LogP contribution >= 0.6 is 12.4 Å². The summed E-state index contributed by atoms with van der Waals surface area (Å²) in [6.07, 6.45) is 13.4. The lowest BCUT2D eigenvalue weighted by Crippen LogP contribution is -2.34. The van der Waals surface area contributed by atoms with Crippen LogP contribution in [0.15, 0.2) is 4.52 Å². The van der Waals surface area contributed by atoms with Crippen molar-refractivity contribution in [1.29, 1.82) is 0 Å². The molecule has 3 rings (SSSR count). The molecular weight excluding hydrogens is 274 g/mol. The van der Waals surface area contributed by atoms with Crippen LogP contribution in [0.1, 0.15) is 75.9 Å². The molecule has 114 valence electrons. The summed E-state index contributed by atoms with van der Waals surface area (Å²) in [7, 11) is 0. The Morgan fingerprint density at radius 1 is 1.10 bits per heavy atom. The van der Waals surface area contributed by atoms with Gasteiger partial charge < -0.3 is 10.3 Å². The van der Waals surface area contributed by atoms with Crippen molar-refractivity contribution in [1.82, 2.24) is 10.1 Å². The smallest absolute Gasteiger partial charge is 0.226 e. The molecule has 0 amide bonds. The Balaban J connectivity index is 0.00000147. The van der Waals surface area contributed by atoms with Crippen molar-refractivity contribution in [2.24, 2.45) is 11.7 Å². The van der Waals surface area contributed by atoms with Gasteiger partial charge in [-0.1, -0.05) is 50.1 Å². The fraction of sp³-hybridized carbons (Fsp3) is 0.867. The molecule has 0 spiro atoms. The predicted octanol–water partition coefficient (Wildman–Crippen LogP) is 3.73. The molecule has 20 heavy (non-hydrogen) atoms. The van der Waals surface area contributed by atoms with Crippen molar-refractivity contribution in [3.8, 4) is 0 Å². The number of nitrogens with zero attached hydrogens (tertiary/aromatic N) is 2. The summed E-state index contributed by atoms with van der Waals surface area (Å²) in [5, 5.41) is 4.12. The Morgan fingerprint density at radius 3 is 2.50 bits per heavy atom. The number of aryl methyl sites for hydroxylation is 1. The topological polar surface area (TPSA) is 64.9 Å². The monoisotopic (exact) mass is 299 g/mol. The van der Waals surface area contributed by atoms with Crippen LogP contribution in [-0.2, 0) is 12.0 Å². The van der Waals surface area contributed by atoms with Crippen LogP contribution in [0.4, 0.5) is 0 Å². The van der Waals surface area contributed by atoms with Crippen molar-refractivity contribution in [2.45, 2.75) is 76.2 Å². The van der Waals surface area contributed by atoms with Crippen molar-refractivity contribution in [3.63, 3.8) is 0 Å². The third-order valence-corrected chi connectivity index (χ3v) is 4.90. The Hall–Kier alpha value is -0.610. The lowest BCUT2D eigenvalue weighted by Gasteiger charge is -2.20. The van der Waals surface area contributed by atoms with E-state index in [4.69, 9.17) is 10.3 Å². The zero-order chi connectivity index (χ0) is 13.1. The fourth-order valence-electron chi connectivity index (χ4n) is 3.59. The van der Waals surface area contributed by atoms with Crippen LogP contribution in [0, 0.1) is 5.92 Å². The van der Waals surface area contributed by atoms with Gasteiger partial charge in [0.15, 0.2) is 5.82 Å². The molecule has 0 radical (unpaired) electrons. The summed E-state index contributed by atoms with van der Waals surface area (Å²) in [6.45, 7) is 0. The number of halogens is 1. The molecule has 2 saturated carbocycles. The van der Waals surface area contributed by atoms with E-state index in [9.17, 15) is 0 Å². The normalized spacial score (nSPS) is 22.6. The quantitative estimate of drug-likeness (QED) is 0.920. The average molecular weight is 300 g/mol. The summed E-state index contributed by atoms with van der Waals surface area (Å²) in [5.74, 6) is 2.39. The standard InChI is InChI=1S/C15H25N3O.ClH/c16-15(10-4-5-11-15)14-17-13(19-18-14)9-8-12-6-2-1-3-7-12;/h12H,1-11,16H2;1H. The molecular formula is C15H26ClN3O. The van der Waals surface area contributed by atoms with Gasteiger partial charge in [-0.2, -0.15) is 4.98 Å². The zero-order valence-corrected chi connectivity index (χ0v) is 13.0. The number of hydrogen-bond acceptors (Lipinski definition) is 4. The van der Waals surface area contributed by atoms with Gasteiger partial charge in [-0.25, -0.2) is 0 Å². The van der Waals surface area contributed by atoms with E-state index in [1.807, 2.05) is 0 Å². The maximum atomic E-state index is 6.35. The predicted molar refractivity (Wildman–Crippen MR) is 80.8 cm³/mol. The lowest BCUT2D eigenvalue weighted by molar-refractivity contribution is 0.310. The number of aromatic nitrogens is 2. The van der Waals surface area contributed by atoms with Crippen molar-refractivity contribution in [2.75, 3.05) is 0 Å². The van der Waals surface area contributed by atoms with Crippen LogP contribution in [0.25, 0.3) is 0 Å². The minimum atomic E-state index is -0.313. The first-order valence-corrected chi connectivity index (χ1v) is 7.88. The van der Waals surface area contributed by atoms with Crippen molar-refractivity contribution < 1.29 is 4.52 Å². The average Bonchev–Trinajstić information content (AvgIpc) is 3.07. The van der Waals surface area contributed by atoms with Gasteiger partial charge in [-0.3, -0.25) is 0 Å². The van der Waals surface area contributed by atoms with Gasteiger partial charge in [-0.05, 0) is 25.2 Å². The first kappa shape index (κ1) is 15.8. The molecule has 0 aliphatic heterocycles. The van der Waals surface area contributed by atoms with E-state index in [1.54, 1.807) is 0 Å². The SMILES string of the molecule is Cl.NC1(c2noc(CCC3CCCCC3)n2)CCCC1. The third kappa shape index (κ3) is 3.53. The van der Waals surface area contributed by atoms with Crippen LogP contribution in [-0.4, -0.2) is 10.1 Å². The highest BCUT2D eigenvalue weighted by molar-refractivity contribution is 5.85. The molecule has 1 aromatic heterocycles. The van der Waals surface area contributed by atoms with Crippen LogP contribution in [0.5, 0.6) is 0 Å². The largest absolute Gasteiger partial charge is 0.339 e. The highest BCUT2D eigenvalue weighted by atomic mass is 35.5. The molecule has 2 aliphatic rings. The first-order valence-electron chi connectivity index (χ1n) is 7.88. The third-order valence-electron chi connectivity index (χ3n) is 4.90. The van der Waals surface area contributed by atoms with Gasteiger partial charge in [-0.15, -0.1) is 12.4 Å². The Labute approximate surface area is 127 Å². The lowest BCUT2D eigenvalue weighted by atomic mass is 9.86. The molecule has 2 fully saturated rings. The highest BCUT2D eigenvalue weighted by Crippen LogP contribution is 2.34. The summed E-state index contributed by atoms with van der Waals surface area (Å²) >= 11 is 0. The molecule has 0 saturated heterocycles. The maximum Gasteiger partial charge on any atom is 0.226 e. The molecule has 4 nitrogen and oxygen atoms in total. The summed E-state index contributed by atoms with van der Waals surface area (Å²) in [5.41, 5.74) is 6.03. The van der Waals surface area contributed by atoms with E-state index in [0.29, 0.717) is 0 Å². The molecule has 2 N–H and O–H groups in total. The second-order valence-corrected chi connectivity index (χ2v) is 6.42. The minimum absolute atomic E-state index is 0. The first-order chi connectivity index (χ1) is 9.26. The van der Waals surface area contributed by atoms with E-state index < -0.39 is 0 Å². The molecule has 1 heterocycles. The van der Waals surface area contributed by atoms with E-state index in [2.05, 4.69) is 10.1 Å². The molecule has 0 atom stereocenters. The van der Waals surface area contributed by atoms with Crippen molar-refractivity contribution in [3.05, 3.63) is 11.7 Å². The second-order valence-electron chi connectivity index (χ2n) is 6.42. The van der Waals surface area contributed by atoms with Gasteiger partial charge in [0.2, 0.25) is 5.89 Å². The maximum absolute atomic E-state index is 6.35. The number of rotatable bonds is 4. The summed E-state index contributed by atoms with van der Waals surface area (Å²) in [6, 6.07) is 0. The zero-order valence-electron chi connectivity index (χ0n) is 12.1. The second kappa shape index (κ2) is 6.90. The van der Waals surface area contributed by atoms with Gasteiger partial charge >= 0.3 is 0 Å². The molecule has 5 heteroatoms. The molecule has 0 unspecified atom stereocenters. The van der Waals surface area contributed by atoms with Crippen LogP contribution in [0.3, 0.4) is 0 Å². The van der Waals surface area contributed by atoms with E-state index in [-0.39, 0.29) is 17.9 Å². The number of nitrogens with two attached hydrogens (primary N) is 1. The van der Waals surface area contributed by atoms with Crippen LogP contribution in [0.2, 0.25) is 0 Å². The van der Waals surface area contributed by atoms with Gasteiger partial charge in [0.1, 0.15) is 0 Å². The summed E-state index contributed by atoms with van der Waals surface area (Å²) < 4.78 is 5.39. The van der Waals surface area contributed by atoms with Gasteiger partial charge in [0.25, 0.3) is 0 Å². The van der Waals surface area contributed by atoms with Gasteiger partial charge in [0.05, 0.1) is 5.54 Å². The number of hydrogen-bond donors (Lipinski definition) is 1. The van der Waals surface area contributed by atoms with E-state index >= 15 is 0 Å². The Morgan fingerprint density at radius 2 is 1.80 bits per heavy atom. The van der Waals surface area contributed by atoms with Crippen LogP contribution < -0.4 is 5.73 Å². The molecule has 0 bridgehead atoms. The fourth-order valence-corrected chi connectivity index (χ4v) is 3.59. The Kier molecular flexibility index (Phi) is 5.44. The summed E-state index contributed by atoms with van der Waals surface area (Å²) in [4.78, 5) is 4.55. The van der Waals surface area contributed by atoms with E-state index in [1.165, 1.54) is 51.4 Å². The molecule has 2 aliphatic carbocycles. The highest BCUT2D eigenvalue weighted by Gasteiger charge is 2.35.